The number of H-pyrrole nitrogens is 1. The van der Waals surface area contributed by atoms with Crippen LogP contribution in [0, 0.1) is 11.6 Å². The maximum Gasteiger partial charge on any atom is 0.103 e. The first-order valence-corrected chi connectivity index (χ1v) is 6.07. The molecule has 0 spiro atoms. The van der Waals surface area contributed by atoms with E-state index in [0.717, 1.165) is 11.2 Å². The first kappa shape index (κ1) is 10.8. The molecular formula is C12H18N2S. The topological polar surface area (TPSA) is 19.0 Å². The zero-order valence-electron chi connectivity index (χ0n) is 9.42. The SMILES string of the molecule is CCN1CCC[C@H]1c1ccc(=S)[nH]c1C. The minimum absolute atomic E-state index is 0.599. The molecule has 1 aromatic heterocycles. The van der Waals surface area contributed by atoms with Gasteiger partial charge in [-0.25, -0.2) is 0 Å². The number of aryl methyl sites for hydroxylation is 1. The average Bonchev–Trinajstić information content (AvgIpc) is 2.65. The van der Waals surface area contributed by atoms with E-state index in [2.05, 4.69) is 29.8 Å². The van der Waals surface area contributed by atoms with Crippen LogP contribution >= 0.6 is 12.2 Å². The molecule has 0 amide bonds. The van der Waals surface area contributed by atoms with Crippen molar-refractivity contribution in [2.75, 3.05) is 13.1 Å². The highest BCUT2D eigenvalue weighted by Gasteiger charge is 2.25. The fraction of sp³-hybridized carbons (Fsp3) is 0.583. The average molecular weight is 222 g/mol. The molecule has 0 saturated carbocycles. The molecule has 1 fully saturated rings. The molecule has 15 heavy (non-hydrogen) atoms. The highest BCUT2D eigenvalue weighted by Crippen LogP contribution is 2.32. The van der Waals surface area contributed by atoms with E-state index in [9.17, 15) is 0 Å². The van der Waals surface area contributed by atoms with Gasteiger partial charge in [0, 0.05) is 11.7 Å². The largest absolute Gasteiger partial charge is 0.350 e. The van der Waals surface area contributed by atoms with Crippen LogP contribution in [0.15, 0.2) is 12.1 Å². The van der Waals surface area contributed by atoms with Crippen molar-refractivity contribution < 1.29 is 0 Å². The highest BCUT2D eigenvalue weighted by molar-refractivity contribution is 7.71. The monoisotopic (exact) mass is 222 g/mol. The Morgan fingerprint density at radius 2 is 2.33 bits per heavy atom. The number of likely N-dealkylation sites (tertiary alicyclic amines) is 1. The van der Waals surface area contributed by atoms with Crippen LogP contribution in [0.1, 0.15) is 37.1 Å². The highest BCUT2D eigenvalue weighted by atomic mass is 32.1. The van der Waals surface area contributed by atoms with Gasteiger partial charge in [0.2, 0.25) is 0 Å². The summed E-state index contributed by atoms with van der Waals surface area (Å²) < 4.78 is 0.831. The lowest BCUT2D eigenvalue weighted by Crippen LogP contribution is -2.23. The second-order valence-electron chi connectivity index (χ2n) is 4.19. The Balaban J connectivity index is 2.32. The standard InChI is InChI=1S/C12H18N2S/c1-3-14-8-4-5-11(14)10-6-7-12(15)13-9(10)2/h6-7,11H,3-5,8H2,1-2H3,(H,13,15)/t11-/m0/s1. The quantitative estimate of drug-likeness (QED) is 0.775. The Hall–Kier alpha value is -0.670. The molecule has 1 aliphatic rings. The second-order valence-corrected chi connectivity index (χ2v) is 4.63. The number of hydrogen-bond donors (Lipinski definition) is 1. The van der Waals surface area contributed by atoms with Crippen molar-refractivity contribution in [1.29, 1.82) is 0 Å². The van der Waals surface area contributed by atoms with E-state index in [4.69, 9.17) is 12.2 Å². The number of aromatic nitrogens is 1. The maximum absolute atomic E-state index is 5.12. The van der Waals surface area contributed by atoms with E-state index in [1.807, 2.05) is 6.07 Å². The summed E-state index contributed by atoms with van der Waals surface area (Å²) >= 11 is 5.12. The lowest BCUT2D eigenvalue weighted by atomic mass is 10.0. The van der Waals surface area contributed by atoms with Crippen LogP contribution in [-0.4, -0.2) is 23.0 Å². The van der Waals surface area contributed by atoms with Crippen LogP contribution in [0.4, 0.5) is 0 Å². The van der Waals surface area contributed by atoms with Gasteiger partial charge in [-0.3, -0.25) is 4.90 Å². The molecule has 82 valence electrons. The van der Waals surface area contributed by atoms with Crippen LogP contribution in [0.25, 0.3) is 0 Å². The zero-order chi connectivity index (χ0) is 10.8. The number of nitrogens with zero attached hydrogens (tertiary/aromatic N) is 1. The lowest BCUT2D eigenvalue weighted by Gasteiger charge is -2.24. The molecule has 1 N–H and O–H groups in total. The van der Waals surface area contributed by atoms with Crippen molar-refractivity contribution in [3.63, 3.8) is 0 Å². The van der Waals surface area contributed by atoms with Gasteiger partial charge < -0.3 is 4.98 Å². The summed E-state index contributed by atoms with van der Waals surface area (Å²) in [4.78, 5) is 5.79. The van der Waals surface area contributed by atoms with Gasteiger partial charge in [0.05, 0.1) is 0 Å². The van der Waals surface area contributed by atoms with Crippen LogP contribution in [0.3, 0.4) is 0 Å². The summed E-state index contributed by atoms with van der Waals surface area (Å²) in [6, 6.07) is 4.79. The third kappa shape index (κ3) is 2.13. The normalized spacial score (nSPS) is 22.1. The van der Waals surface area contributed by atoms with Gasteiger partial charge >= 0.3 is 0 Å². The summed E-state index contributed by atoms with van der Waals surface area (Å²) in [5, 5.41) is 0. The first-order valence-electron chi connectivity index (χ1n) is 5.66. The molecule has 2 nitrogen and oxygen atoms in total. The smallest absolute Gasteiger partial charge is 0.103 e. The fourth-order valence-electron chi connectivity index (χ4n) is 2.51. The van der Waals surface area contributed by atoms with Crippen LogP contribution in [0.2, 0.25) is 0 Å². The van der Waals surface area contributed by atoms with E-state index < -0.39 is 0 Å². The number of hydrogen-bond acceptors (Lipinski definition) is 2. The third-order valence-electron chi connectivity index (χ3n) is 3.29. The van der Waals surface area contributed by atoms with Gasteiger partial charge in [-0.05, 0) is 44.5 Å². The van der Waals surface area contributed by atoms with Crippen LogP contribution in [0.5, 0.6) is 0 Å². The molecule has 0 radical (unpaired) electrons. The minimum Gasteiger partial charge on any atom is -0.350 e. The van der Waals surface area contributed by atoms with Gasteiger partial charge in [0.1, 0.15) is 4.64 Å². The summed E-state index contributed by atoms with van der Waals surface area (Å²) in [6.07, 6.45) is 2.59. The molecule has 1 atom stereocenters. The first-order chi connectivity index (χ1) is 7.22. The maximum atomic E-state index is 5.12. The predicted molar refractivity (Wildman–Crippen MR) is 65.6 cm³/mol. The third-order valence-corrected chi connectivity index (χ3v) is 3.52. The van der Waals surface area contributed by atoms with E-state index in [0.29, 0.717) is 6.04 Å². The van der Waals surface area contributed by atoms with Crippen LogP contribution < -0.4 is 0 Å². The molecule has 2 heterocycles. The summed E-state index contributed by atoms with van der Waals surface area (Å²) in [7, 11) is 0. The Morgan fingerprint density at radius 1 is 1.53 bits per heavy atom. The molecule has 1 aromatic rings. The lowest BCUT2D eigenvalue weighted by molar-refractivity contribution is 0.270. The van der Waals surface area contributed by atoms with Crippen molar-refractivity contribution in [1.82, 2.24) is 9.88 Å². The predicted octanol–water partition coefficient (Wildman–Crippen LogP) is 3.21. The van der Waals surface area contributed by atoms with Crippen molar-refractivity contribution in [3.05, 3.63) is 28.0 Å². The fourth-order valence-corrected chi connectivity index (χ4v) is 2.73. The molecule has 2 rings (SSSR count). The minimum atomic E-state index is 0.599. The number of rotatable bonds is 2. The second kappa shape index (κ2) is 4.45. The Morgan fingerprint density at radius 3 is 3.00 bits per heavy atom. The number of pyridine rings is 1. The van der Waals surface area contributed by atoms with E-state index in [-0.39, 0.29) is 0 Å². The molecule has 0 unspecified atom stereocenters. The Bertz CT molecular complexity index is 397. The van der Waals surface area contributed by atoms with Gasteiger partial charge in [-0.1, -0.05) is 25.2 Å². The van der Waals surface area contributed by atoms with E-state index >= 15 is 0 Å². The number of nitrogens with one attached hydrogen (secondary N) is 1. The Labute approximate surface area is 96.3 Å². The zero-order valence-corrected chi connectivity index (χ0v) is 10.2. The molecule has 1 aliphatic heterocycles. The van der Waals surface area contributed by atoms with Crippen molar-refractivity contribution in [3.8, 4) is 0 Å². The van der Waals surface area contributed by atoms with Crippen molar-refractivity contribution in [2.45, 2.75) is 32.7 Å². The van der Waals surface area contributed by atoms with Gasteiger partial charge in [-0.2, -0.15) is 0 Å². The van der Waals surface area contributed by atoms with E-state index in [1.165, 1.54) is 30.6 Å². The van der Waals surface area contributed by atoms with E-state index in [1.54, 1.807) is 0 Å². The molecular weight excluding hydrogens is 204 g/mol. The Kier molecular flexibility index (Phi) is 3.22. The molecule has 0 bridgehead atoms. The van der Waals surface area contributed by atoms with Gasteiger partial charge in [-0.15, -0.1) is 0 Å². The van der Waals surface area contributed by atoms with Gasteiger partial charge in [0.25, 0.3) is 0 Å². The summed E-state index contributed by atoms with van der Waals surface area (Å²) in [5.74, 6) is 0. The van der Waals surface area contributed by atoms with Gasteiger partial charge in [0.15, 0.2) is 0 Å². The summed E-state index contributed by atoms with van der Waals surface area (Å²) in [6.45, 7) is 6.73. The molecule has 1 saturated heterocycles. The molecule has 0 aromatic carbocycles. The molecule has 0 aliphatic carbocycles. The molecule has 3 heteroatoms. The van der Waals surface area contributed by atoms with Crippen molar-refractivity contribution >= 4 is 12.2 Å². The van der Waals surface area contributed by atoms with Crippen molar-refractivity contribution in [2.24, 2.45) is 0 Å². The number of aromatic amines is 1. The van der Waals surface area contributed by atoms with Crippen LogP contribution in [-0.2, 0) is 0 Å². The summed E-state index contributed by atoms with van der Waals surface area (Å²) in [5.41, 5.74) is 2.65.